The predicted molar refractivity (Wildman–Crippen MR) is 83.3 cm³/mol. The maximum atomic E-state index is 12.5. The first-order valence-corrected chi connectivity index (χ1v) is 7.51. The predicted octanol–water partition coefficient (Wildman–Crippen LogP) is 3.76. The molecule has 0 saturated carbocycles. The number of nitrogens with zero attached hydrogens (tertiary/aromatic N) is 1. The average molecular weight is 323 g/mol. The summed E-state index contributed by atoms with van der Waals surface area (Å²) in [6, 6.07) is 11.6. The van der Waals surface area contributed by atoms with Gasteiger partial charge in [0, 0.05) is 29.8 Å². The third-order valence-electron chi connectivity index (χ3n) is 2.74. The molecule has 0 atom stereocenters. The first-order chi connectivity index (χ1) is 10.6. The number of hydrogen-bond acceptors (Lipinski definition) is 3. The van der Waals surface area contributed by atoms with Crippen LogP contribution in [0.1, 0.15) is 5.69 Å². The SMILES string of the molecule is O=C(NCCc1ccccn1)Nc1ccccc1SC(F)F. The fraction of sp³-hybridized carbons (Fsp3) is 0.200. The zero-order valence-electron chi connectivity index (χ0n) is 11.6. The van der Waals surface area contributed by atoms with Crippen molar-refractivity contribution in [3.8, 4) is 0 Å². The van der Waals surface area contributed by atoms with Gasteiger partial charge in [0.1, 0.15) is 0 Å². The molecule has 1 aromatic heterocycles. The molecule has 2 rings (SSSR count). The van der Waals surface area contributed by atoms with Crippen molar-refractivity contribution in [3.05, 3.63) is 54.4 Å². The van der Waals surface area contributed by atoms with Crippen LogP contribution in [0.4, 0.5) is 19.3 Å². The van der Waals surface area contributed by atoms with Crippen LogP contribution in [-0.4, -0.2) is 23.3 Å². The van der Waals surface area contributed by atoms with E-state index in [1.54, 1.807) is 30.5 Å². The van der Waals surface area contributed by atoms with Crippen LogP contribution in [0.2, 0.25) is 0 Å². The van der Waals surface area contributed by atoms with Crippen LogP contribution < -0.4 is 10.6 Å². The van der Waals surface area contributed by atoms with Crippen LogP contribution >= 0.6 is 11.8 Å². The number of amides is 2. The molecule has 0 aliphatic heterocycles. The van der Waals surface area contributed by atoms with Gasteiger partial charge in [-0.25, -0.2) is 4.79 Å². The maximum Gasteiger partial charge on any atom is 0.319 e. The lowest BCUT2D eigenvalue weighted by atomic mass is 10.3. The number of rotatable bonds is 6. The van der Waals surface area contributed by atoms with Crippen LogP contribution in [-0.2, 0) is 6.42 Å². The van der Waals surface area contributed by atoms with Crippen molar-refractivity contribution >= 4 is 23.5 Å². The van der Waals surface area contributed by atoms with Crippen molar-refractivity contribution < 1.29 is 13.6 Å². The molecule has 116 valence electrons. The normalized spacial score (nSPS) is 10.5. The lowest BCUT2D eigenvalue weighted by Gasteiger charge is -2.11. The molecule has 2 aromatic rings. The Labute approximate surface area is 131 Å². The second-order valence-electron chi connectivity index (χ2n) is 4.33. The van der Waals surface area contributed by atoms with Crippen molar-refractivity contribution in [1.29, 1.82) is 0 Å². The van der Waals surface area contributed by atoms with Crippen molar-refractivity contribution in [2.45, 2.75) is 17.1 Å². The summed E-state index contributed by atoms with van der Waals surface area (Å²) in [5.41, 5.74) is 1.24. The number of alkyl halides is 2. The second kappa shape index (κ2) is 8.33. The van der Waals surface area contributed by atoms with Gasteiger partial charge < -0.3 is 10.6 Å². The highest BCUT2D eigenvalue weighted by atomic mass is 32.2. The summed E-state index contributed by atoms with van der Waals surface area (Å²) >= 11 is 0.402. The lowest BCUT2D eigenvalue weighted by molar-refractivity contribution is 0.251. The highest BCUT2D eigenvalue weighted by molar-refractivity contribution is 7.99. The maximum absolute atomic E-state index is 12.5. The molecule has 2 amide bonds. The van der Waals surface area contributed by atoms with Gasteiger partial charge >= 0.3 is 6.03 Å². The molecule has 7 heteroatoms. The van der Waals surface area contributed by atoms with Crippen LogP contribution in [0.3, 0.4) is 0 Å². The number of benzene rings is 1. The minimum Gasteiger partial charge on any atom is -0.337 e. The van der Waals surface area contributed by atoms with Crippen molar-refractivity contribution in [2.24, 2.45) is 0 Å². The van der Waals surface area contributed by atoms with E-state index in [-0.39, 0.29) is 0 Å². The quantitative estimate of drug-likeness (QED) is 0.796. The number of aromatic nitrogens is 1. The van der Waals surface area contributed by atoms with E-state index in [4.69, 9.17) is 0 Å². The number of carbonyl (C=O) groups excluding carboxylic acids is 1. The van der Waals surface area contributed by atoms with E-state index in [2.05, 4.69) is 15.6 Å². The second-order valence-corrected chi connectivity index (χ2v) is 5.36. The summed E-state index contributed by atoms with van der Waals surface area (Å²) in [5.74, 6) is -2.53. The summed E-state index contributed by atoms with van der Waals surface area (Å²) in [7, 11) is 0. The van der Waals surface area contributed by atoms with E-state index in [9.17, 15) is 13.6 Å². The standard InChI is InChI=1S/C15H15F2N3OS/c16-14(17)22-13-7-2-1-6-12(13)20-15(21)19-10-8-11-5-3-4-9-18-11/h1-7,9,14H,8,10H2,(H2,19,20,21). The van der Waals surface area contributed by atoms with Gasteiger partial charge in [-0.3, -0.25) is 4.98 Å². The van der Waals surface area contributed by atoms with E-state index in [1.807, 2.05) is 18.2 Å². The molecule has 0 aliphatic rings. The van der Waals surface area contributed by atoms with Gasteiger partial charge in [0.2, 0.25) is 0 Å². The lowest BCUT2D eigenvalue weighted by Crippen LogP contribution is -2.30. The molecule has 2 N–H and O–H groups in total. The summed E-state index contributed by atoms with van der Waals surface area (Å²) in [5, 5.41) is 5.25. The molecular formula is C15H15F2N3OS. The fourth-order valence-electron chi connectivity index (χ4n) is 1.79. The van der Waals surface area contributed by atoms with Gasteiger partial charge in [-0.15, -0.1) is 0 Å². The molecule has 0 bridgehead atoms. The van der Waals surface area contributed by atoms with Gasteiger partial charge in [-0.05, 0) is 24.3 Å². The van der Waals surface area contributed by atoms with Gasteiger partial charge in [-0.1, -0.05) is 30.0 Å². The Kier molecular flexibility index (Phi) is 6.14. The Morgan fingerprint density at radius 3 is 2.68 bits per heavy atom. The highest BCUT2D eigenvalue weighted by Crippen LogP contribution is 2.31. The molecule has 0 aliphatic carbocycles. The minimum absolute atomic E-state index is 0.331. The Morgan fingerprint density at radius 2 is 1.95 bits per heavy atom. The average Bonchev–Trinajstić information content (AvgIpc) is 2.50. The smallest absolute Gasteiger partial charge is 0.319 e. The van der Waals surface area contributed by atoms with E-state index >= 15 is 0 Å². The van der Waals surface area contributed by atoms with Gasteiger partial charge in [0.25, 0.3) is 5.76 Å². The van der Waals surface area contributed by atoms with Crippen molar-refractivity contribution in [3.63, 3.8) is 0 Å². The van der Waals surface area contributed by atoms with Crippen LogP contribution in [0.15, 0.2) is 53.6 Å². The third-order valence-corrected chi connectivity index (χ3v) is 3.53. The van der Waals surface area contributed by atoms with Gasteiger partial charge in [0.15, 0.2) is 0 Å². The number of pyridine rings is 1. The Hall–Kier alpha value is -2.15. The first kappa shape index (κ1) is 16.2. The number of halogens is 2. The third kappa shape index (κ3) is 5.33. The Morgan fingerprint density at radius 1 is 1.18 bits per heavy atom. The van der Waals surface area contributed by atoms with E-state index in [0.29, 0.717) is 35.3 Å². The number of hydrogen-bond donors (Lipinski definition) is 2. The summed E-state index contributed by atoms with van der Waals surface area (Å²) < 4.78 is 24.9. The number of para-hydroxylation sites is 1. The monoisotopic (exact) mass is 323 g/mol. The van der Waals surface area contributed by atoms with E-state index in [0.717, 1.165) is 5.69 Å². The van der Waals surface area contributed by atoms with E-state index in [1.165, 1.54) is 0 Å². The fourth-order valence-corrected chi connectivity index (χ4v) is 2.38. The molecule has 0 saturated heterocycles. The van der Waals surface area contributed by atoms with E-state index < -0.39 is 11.8 Å². The zero-order valence-corrected chi connectivity index (χ0v) is 12.4. The molecule has 1 heterocycles. The number of carbonyl (C=O) groups is 1. The number of thioether (sulfide) groups is 1. The molecule has 0 unspecified atom stereocenters. The van der Waals surface area contributed by atoms with Crippen LogP contribution in [0, 0.1) is 0 Å². The Balaban J connectivity index is 1.84. The molecular weight excluding hydrogens is 308 g/mol. The molecule has 0 fully saturated rings. The molecule has 0 radical (unpaired) electrons. The minimum atomic E-state index is -2.53. The molecule has 0 spiro atoms. The van der Waals surface area contributed by atoms with Crippen LogP contribution in [0.5, 0.6) is 0 Å². The van der Waals surface area contributed by atoms with Crippen molar-refractivity contribution in [2.75, 3.05) is 11.9 Å². The number of anilines is 1. The molecule has 22 heavy (non-hydrogen) atoms. The number of nitrogens with one attached hydrogen (secondary N) is 2. The summed E-state index contributed by atoms with van der Waals surface area (Å²) in [4.78, 5) is 16.3. The largest absolute Gasteiger partial charge is 0.337 e. The number of urea groups is 1. The first-order valence-electron chi connectivity index (χ1n) is 6.64. The topological polar surface area (TPSA) is 54.0 Å². The summed E-state index contributed by atoms with van der Waals surface area (Å²) in [6.45, 7) is 0.410. The highest BCUT2D eigenvalue weighted by Gasteiger charge is 2.11. The van der Waals surface area contributed by atoms with Crippen molar-refractivity contribution in [1.82, 2.24) is 10.3 Å². The summed E-state index contributed by atoms with van der Waals surface area (Å²) in [6.07, 6.45) is 2.29. The molecule has 4 nitrogen and oxygen atoms in total. The van der Waals surface area contributed by atoms with Gasteiger partial charge in [0.05, 0.1) is 5.69 Å². The van der Waals surface area contributed by atoms with Gasteiger partial charge in [-0.2, -0.15) is 8.78 Å². The Bertz CT molecular complexity index is 611. The zero-order chi connectivity index (χ0) is 15.8. The van der Waals surface area contributed by atoms with Crippen LogP contribution in [0.25, 0.3) is 0 Å². The molecule has 1 aromatic carbocycles.